The quantitative estimate of drug-likeness (QED) is 0.641. The average molecular weight is 317 g/mol. The van der Waals surface area contributed by atoms with E-state index < -0.39 is 17.4 Å². The van der Waals surface area contributed by atoms with Crippen LogP contribution < -0.4 is 5.56 Å². The summed E-state index contributed by atoms with van der Waals surface area (Å²) in [7, 11) is 0. The molecule has 0 spiro atoms. The lowest BCUT2D eigenvalue weighted by Crippen LogP contribution is -2.27. The van der Waals surface area contributed by atoms with Gasteiger partial charge in [-0.15, -0.1) is 0 Å². The third-order valence-corrected chi connectivity index (χ3v) is 3.82. The topological polar surface area (TPSA) is 22.0 Å². The van der Waals surface area contributed by atoms with Crippen molar-refractivity contribution in [3.63, 3.8) is 0 Å². The standard InChI is InChI=1S/C18H14F3NO/c1-11-7-8-13-10-16(18(19,20)21)22(17(23)14(13)9-11)15-6-4-3-5-12(15)2/h3-10H,1-2H3. The Hall–Kier alpha value is -2.56. The van der Waals surface area contributed by atoms with Gasteiger partial charge in [0, 0.05) is 5.39 Å². The maximum Gasteiger partial charge on any atom is 0.431 e. The van der Waals surface area contributed by atoms with Gasteiger partial charge in [0.1, 0.15) is 5.69 Å². The van der Waals surface area contributed by atoms with E-state index in [-0.39, 0.29) is 16.5 Å². The van der Waals surface area contributed by atoms with E-state index >= 15 is 0 Å². The van der Waals surface area contributed by atoms with Crippen LogP contribution in [0.4, 0.5) is 13.2 Å². The summed E-state index contributed by atoms with van der Waals surface area (Å²) in [5.41, 5.74) is 0.0482. The van der Waals surface area contributed by atoms with Crippen molar-refractivity contribution >= 4 is 10.8 Å². The SMILES string of the molecule is Cc1ccc2cc(C(F)(F)F)n(-c3ccccc3C)c(=O)c2c1. The number of rotatable bonds is 1. The molecule has 0 aliphatic rings. The second kappa shape index (κ2) is 5.26. The van der Waals surface area contributed by atoms with Crippen LogP contribution in [0.25, 0.3) is 16.5 Å². The second-order valence-corrected chi connectivity index (χ2v) is 5.55. The lowest BCUT2D eigenvalue weighted by Gasteiger charge is -2.18. The monoisotopic (exact) mass is 317 g/mol. The Bertz CT molecular complexity index is 955. The number of alkyl halides is 3. The molecular weight excluding hydrogens is 303 g/mol. The molecule has 0 radical (unpaired) electrons. The first-order valence-electron chi connectivity index (χ1n) is 7.08. The zero-order valence-electron chi connectivity index (χ0n) is 12.6. The van der Waals surface area contributed by atoms with Gasteiger partial charge in [0.25, 0.3) is 5.56 Å². The van der Waals surface area contributed by atoms with Gasteiger partial charge >= 0.3 is 6.18 Å². The Labute approximate surface area is 130 Å². The largest absolute Gasteiger partial charge is 0.431 e. The Kier molecular flexibility index (Phi) is 3.51. The van der Waals surface area contributed by atoms with Gasteiger partial charge in [0.2, 0.25) is 0 Å². The van der Waals surface area contributed by atoms with E-state index in [9.17, 15) is 18.0 Å². The predicted octanol–water partition coefficient (Wildman–Crippen LogP) is 4.63. The maximum atomic E-state index is 13.5. The van der Waals surface area contributed by atoms with Crippen LogP contribution >= 0.6 is 0 Å². The van der Waals surface area contributed by atoms with Gasteiger partial charge in [0.05, 0.1) is 5.69 Å². The van der Waals surface area contributed by atoms with Crippen molar-refractivity contribution in [2.24, 2.45) is 0 Å². The van der Waals surface area contributed by atoms with Gasteiger partial charge in [-0.05, 0) is 43.0 Å². The summed E-state index contributed by atoms with van der Waals surface area (Å²) in [6.07, 6.45) is -4.62. The number of aromatic nitrogens is 1. The maximum absolute atomic E-state index is 13.5. The third-order valence-electron chi connectivity index (χ3n) is 3.82. The fourth-order valence-electron chi connectivity index (χ4n) is 2.68. The molecule has 3 aromatic rings. The Morgan fingerprint density at radius 2 is 1.65 bits per heavy atom. The van der Waals surface area contributed by atoms with Crippen LogP contribution in [0, 0.1) is 13.8 Å². The second-order valence-electron chi connectivity index (χ2n) is 5.55. The highest BCUT2D eigenvalue weighted by molar-refractivity contribution is 5.83. The average Bonchev–Trinajstić information content (AvgIpc) is 2.48. The summed E-state index contributed by atoms with van der Waals surface area (Å²) in [4.78, 5) is 12.8. The van der Waals surface area contributed by atoms with E-state index in [2.05, 4.69) is 0 Å². The van der Waals surface area contributed by atoms with E-state index in [0.29, 0.717) is 5.56 Å². The van der Waals surface area contributed by atoms with Gasteiger partial charge in [-0.3, -0.25) is 9.36 Å². The minimum atomic E-state index is -4.62. The first-order chi connectivity index (χ1) is 10.8. The minimum Gasteiger partial charge on any atom is -0.272 e. The van der Waals surface area contributed by atoms with Gasteiger partial charge in [-0.2, -0.15) is 13.2 Å². The first-order valence-corrected chi connectivity index (χ1v) is 7.08. The van der Waals surface area contributed by atoms with Crippen molar-refractivity contribution in [3.05, 3.63) is 75.7 Å². The number of halogens is 3. The number of fused-ring (bicyclic) bond motifs is 1. The number of aryl methyl sites for hydroxylation is 2. The van der Waals surface area contributed by atoms with Crippen molar-refractivity contribution in [1.29, 1.82) is 0 Å². The molecule has 2 nitrogen and oxygen atoms in total. The number of pyridine rings is 1. The Morgan fingerprint density at radius 1 is 0.957 bits per heavy atom. The van der Waals surface area contributed by atoms with Crippen molar-refractivity contribution in [1.82, 2.24) is 4.57 Å². The van der Waals surface area contributed by atoms with Crippen LogP contribution in [0.3, 0.4) is 0 Å². The molecule has 5 heteroatoms. The molecule has 0 aliphatic carbocycles. The smallest absolute Gasteiger partial charge is 0.272 e. The van der Waals surface area contributed by atoms with Gasteiger partial charge in [-0.25, -0.2) is 0 Å². The Balaban J connectivity index is 2.50. The van der Waals surface area contributed by atoms with E-state index in [4.69, 9.17) is 0 Å². The summed E-state index contributed by atoms with van der Waals surface area (Å²) < 4.78 is 41.2. The summed E-state index contributed by atoms with van der Waals surface area (Å²) in [5.74, 6) is 0. The van der Waals surface area contributed by atoms with Gasteiger partial charge in [0.15, 0.2) is 0 Å². The zero-order valence-corrected chi connectivity index (χ0v) is 12.6. The number of para-hydroxylation sites is 1. The molecule has 0 saturated carbocycles. The first kappa shape index (κ1) is 15.3. The van der Waals surface area contributed by atoms with Crippen LogP contribution in [-0.4, -0.2) is 4.57 Å². The van der Waals surface area contributed by atoms with Crippen molar-refractivity contribution in [3.8, 4) is 5.69 Å². The normalized spacial score (nSPS) is 11.9. The molecule has 0 amide bonds. The number of benzene rings is 2. The van der Waals surface area contributed by atoms with E-state index in [1.54, 1.807) is 50.2 Å². The molecule has 0 bridgehead atoms. The molecule has 2 aromatic carbocycles. The van der Waals surface area contributed by atoms with Crippen LogP contribution in [0.2, 0.25) is 0 Å². The predicted molar refractivity (Wildman–Crippen MR) is 84.0 cm³/mol. The van der Waals surface area contributed by atoms with Crippen LogP contribution in [0.5, 0.6) is 0 Å². The van der Waals surface area contributed by atoms with Crippen LogP contribution in [-0.2, 0) is 6.18 Å². The zero-order chi connectivity index (χ0) is 16.8. The number of hydrogen-bond donors (Lipinski definition) is 0. The fourth-order valence-corrected chi connectivity index (χ4v) is 2.68. The lowest BCUT2D eigenvalue weighted by molar-refractivity contribution is -0.142. The summed E-state index contributed by atoms with van der Waals surface area (Å²) >= 11 is 0. The highest BCUT2D eigenvalue weighted by Crippen LogP contribution is 2.32. The minimum absolute atomic E-state index is 0.244. The summed E-state index contributed by atoms with van der Waals surface area (Å²) in [6.45, 7) is 3.48. The summed E-state index contributed by atoms with van der Waals surface area (Å²) in [6, 6.07) is 12.4. The Morgan fingerprint density at radius 3 is 2.30 bits per heavy atom. The highest BCUT2D eigenvalue weighted by atomic mass is 19.4. The molecule has 0 saturated heterocycles. The molecule has 1 aromatic heterocycles. The third kappa shape index (κ3) is 2.63. The molecule has 0 fully saturated rings. The van der Waals surface area contributed by atoms with Crippen LogP contribution in [0.15, 0.2) is 53.3 Å². The molecule has 23 heavy (non-hydrogen) atoms. The van der Waals surface area contributed by atoms with Crippen molar-refractivity contribution in [2.75, 3.05) is 0 Å². The van der Waals surface area contributed by atoms with E-state index in [0.717, 1.165) is 16.2 Å². The highest BCUT2D eigenvalue weighted by Gasteiger charge is 2.35. The molecule has 0 aliphatic heterocycles. The van der Waals surface area contributed by atoms with Gasteiger partial charge in [-0.1, -0.05) is 35.9 Å². The van der Waals surface area contributed by atoms with E-state index in [1.165, 1.54) is 6.07 Å². The van der Waals surface area contributed by atoms with Crippen LogP contribution in [0.1, 0.15) is 16.8 Å². The number of nitrogens with zero attached hydrogens (tertiary/aromatic N) is 1. The molecule has 118 valence electrons. The molecule has 0 N–H and O–H groups in total. The summed E-state index contributed by atoms with van der Waals surface area (Å²) in [5, 5.41) is 0.569. The molecular formula is C18H14F3NO. The molecule has 3 rings (SSSR count). The molecule has 1 heterocycles. The molecule has 0 atom stereocenters. The molecule has 0 unspecified atom stereocenters. The van der Waals surface area contributed by atoms with Crippen molar-refractivity contribution in [2.45, 2.75) is 20.0 Å². The fraction of sp³-hybridized carbons (Fsp3) is 0.167. The lowest BCUT2D eigenvalue weighted by atomic mass is 10.1. The van der Waals surface area contributed by atoms with Gasteiger partial charge < -0.3 is 0 Å². The van der Waals surface area contributed by atoms with E-state index in [1.807, 2.05) is 0 Å². The number of hydrogen-bond acceptors (Lipinski definition) is 1. The van der Waals surface area contributed by atoms with Crippen molar-refractivity contribution < 1.29 is 13.2 Å².